The maximum Gasteiger partial charge on any atom is 0.112 e. The largest absolute Gasteiger partial charge is 0.369 e. The Hall–Kier alpha value is -1.12. The Kier molecular flexibility index (Phi) is 3.54. The van der Waals surface area contributed by atoms with Crippen LogP contribution >= 0.6 is 0 Å². The van der Waals surface area contributed by atoms with Gasteiger partial charge in [0.15, 0.2) is 0 Å². The van der Waals surface area contributed by atoms with Gasteiger partial charge in [0.25, 0.3) is 0 Å². The summed E-state index contributed by atoms with van der Waals surface area (Å²) in [6.07, 6.45) is 4.34. The molecule has 0 spiro atoms. The molecule has 1 aromatic carbocycles. The Morgan fingerprint density at radius 2 is 2.20 bits per heavy atom. The molecule has 2 unspecified atom stereocenters. The van der Waals surface area contributed by atoms with Crippen molar-refractivity contribution < 1.29 is 9.47 Å². The molecule has 80 valence electrons. The number of hydrogen-bond donors (Lipinski definition) is 0. The van der Waals surface area contributed by atoms with E-state index >= 15 is 0 Å². The first-order valence-corrected chi connectivity index (χ1v) is 5.31. The average molecular weight is 204 g/mol. The van der Waals surface area contributed by atoms with Crippen molar-refractivity contribution in [3.8, 4) is 0 Å². The van der Waals surface area contributed by atoms with E-state index in [1.165, 1.54) is 5.56 Å². The van der Waals surface area contributed by atoms with E-state index < -0.39 is 0 Å². The molecule has 1 aliphatic heterocycles. The highest BCUT2D eigenvalue weighted by Gasteiger charge is 2.33. The highest BCUT2D eigenvalue weighted by Crippen LogP contribution is 2.31. The predicted molar refractivity (Wildman–Crippen MR) is 59.7 cm³/mol. The third-order valence-electron chi connectivity index (χ3n) is 2.55. The molecule has 2 rings (SSSR count). The summed E-state index contributed by atoms with van der Waals surface area (Å²) in [5.41, 5.74) is 1.20. The second kappa shape index (κ2) is 5.10. The molecule has 0 aliphatic carbocycles. The molecule has 2 heteroatoms. The predicted octanol–water partition coefficient (Wildman–Crippen LogP) is 2.72. The van der Waals surface area contributed by atoms with E-state index in [4.69, 9.17) is 9.47 Å². The lowest BCUT2D eigenvalue weighted by Gasteiger charge is -2.36. The molecular weight excluding hydrogens is 188 g/mol. The van der Waals surface area contributed by atoms with Crippen molar-refractivity contribution in [1.29, 1.82) is 0 Å². The number of benzene rings is 1. The number of hydrogen-bond acceptors (Lipinski definition) is 2. The highest BCUT2D eigenvalue weighted by atomic mass is 16.6. The molecule has 0 aromatic heterocycles. The van der Waals surface area contributed by atoms with Gasteiger partial charge in [0.1, 0.15) is 12.2 Å². The molecule has 1 aliphatic rings. The van der Waals surface area contributed by atoms with Crippen LogP contribution in [0.15, 0.2) is 42.5 Å². The van der Waals surface area contributed by atoms with Crippen LogP contribution in [0, 0.1) is 0 Å². The normalized spacial score (nSPS) is 25.4. The molecule has 15 heavy (non-hydrogen) atoms. The summed E-state index contributed by atoms with van der Waals surface area (Å²) in [6, 6.07) is 10.2. The zero-order valence-electron chi connectivity index (χ0n) is 8.93. The maximum absolute atomic E-state index is 5.67. The van der Waals surface area contributed by atoms with Gasteiger partial charge in [-0.05, 0) is 12.5 Å². The molecule has 0 amide bonds. The molecule has 0 bridgehead atoms. The Balaban J connectivity index is 1.89. The Morgan fingerprint density at radius 1 is 1.40 bits per heavy atom. The van der Waals surface area contributed by atoms with Crippen LogP contribution in [0.3, 0.4) is 0 Å². The first kappa shape index (κ1) is 10.4. The van der Waals surface area contributed by atoms with Crippen molar-refractivity contribution in [3.05, 3.63) is 48.0 Å². The fourth-order valence-corrected chi connectivity index (χ4v) is 1.64. The molecule has 1 heterocycles. The summed E-state index contributed by atoms with van der Waals surface area (Å²) >= 11 is 0. The topological polar surface area (TPSA) is 18.5 Å². The first-order chi connectivity index (χ1) is 7.42. The van der Waals surface area contributed by atoms with Gasteiger partial charge in [0.05, 0.1) is 13.2 Å². The SMILES string of the molecule is CC=CCOC1COC1c1ccccc1. The van der Waals surface area contributed by atoms with Crippen molar-refractivity contribution in [3.63, 3.8) is 0 Å². The zero-order chi connectivity index (χ0) is 10.5. The quantitative estimate of drug-likeness (QED) is 0.702. The Labute approximate surface area is 90.5 Å². The Bertz CT molecular complexity index is 319. The van der Waals surface area contributed by atoms with Gasteiger partial charge in [-0.2, -0.15) is 0 Å². The molecule has 1 fully saturated rings. The third-order valence-corrected chi connectivity index (χ3v) is 2.55. The van der Waals surface area contributed by atoms with E-state index in [1.807, 2.05) is 37.3 Å². The van der Waals surface area contributed by atoms with Crippen LogP contribution in [0.1, 0.15) is 18.6 Å². The average Bonchev–Trinajstić information content (AvgIpc) is 2.24. The summed E-state index contributed by atoms with van der Waals surface area (Å²) in [4.78, 5) is 0. The summed E-state index contributed by atoms with van der Waals surface area (Å²) in [5, 5.41) is 0. The summed E-state index contributed by atoms with van der Waals surface area (Å²) in [5.74, 6) is 0. The van der Waals surface area contributed by atoms with E-state index in [1.54, 1.807) is 0 Å². The van der Waals surface area contributed by atoms with Crippen LogP contribution in [0.25, 0.3) is 0 Å². The van der Waals surface area contributed by atoms with Crippen molar-refractivity contribution in [2.24, 2.45) is 0 Å². The zero-order valence-corrected chi connectivity index (χ0v) is 8.93. The van der Waals surface area contributed by atoms with E-state index in [0.29, 0.717) is 13.2 Å². The van der Waals surface area contributed by atoms with Crippen LogP contribution in [0.5, 0.6) is 0 Å². The van der Waals surface area contributed by atoms with Crippen molar-refractivity contribution in [2.45, 2.75) is 19.1 Å². The van der Waals surface area contributed by atoms with Crippen molar-refractivity contribution in [1.82, 2.24) is 0 Å². The van der Waals surface area contributed by atoms with Gasteiger partial charge < -0.3 is 9.47 Å². The molecule has 0 saturated carbocycles. The highest BCUT2D eigenvalue weighted by molar-refractivity contribution is 5.20. The number of allylic oxidation sites excluding steroid dienone is 1. The van der Waals surface area contributed by atoms with Gasteiger partial charge in [-0.1, -0.05) is 42.5 Å². The van der Waals surface area contributed by atoms with E-state index in [-0.39, 0.29) is 12.2 Å². The van der Waals surface area contributed by atoms with Crippen LogP contribution < -0.4 is 0 Å². The fraction of sp³-hybridized carbons (Fsp3) is 0.385. The summed E-state index contributed by atoms with van der Waals surface area (Å²) < 4.78 is 11.2. The molecule has 1 aromatic rings. The Morgan fingerprint density at radius 3 is 2.80 bits per heavy atom. The van der Waals surface area contributed by atoms with Crippen LogP contribution in [0.4, 0.5) is 0 Å². The molecule has 0 radical (unpaired) electrons. The van der Waals surface area contributed by atoms with Gasteiger partial charge in [0, 0.05) is 0 Å². The fourth-order valence-electron chi connectivity index (χ4n) is 1.64. The van der Waals surface area contributed by atoms with E-state index in [9.17, 15) is 0 Å². The minimum Gasteiger partial charge on any atom is -0.369 e. The third kappa shape index (κ3) is 2.46. The van der Waals surface area contributed by atoms with Gasteiger partial charge in [-0.15, -0.1) is 0 Å². The van der Waals surface area contributed by atoms with Gasteiger partial charge in [0.2, 0.25) is 0 Å². The molecule has 1 saturated heterocycles. The first-order valence-electron chi connectivity index (χ1n) is 5.31. The van der Waals surface area contributed by atoms with Crippen LogP contribution in [-0.4, -0.2) is 19.3 Å². The second-order valence-electron chi connectivity index (χ2n) is 3.61. The minimum atomic E-state index is 0.122. The lowest BCUT2D eigenvalue weighted by Crippen LogP contribution is -2.40. The maximum atomic E-state index is 5.67. The number of rotatable bonds is 4. The molecular formula is C13H16O2. The molecule has 2 atom stereocenters. The van der Waals surface area contributed by atoms with Gasteiger partial charge in [-0.3, -0.25) is 0 Å². The van der Waals surface area contributed by atoms with Crippen molar-refractivity contribution >= 4 is 0 Å². The second-order valence-corrected chi connectivity index (χ2v) is 3.61. The molecule has 0 N–H and O–H groups in total. The lowest BCUT2D eigenvalue weighted by atomic mass is 10.0. The minimum absolute atomic E-state index is 0.122. The van der Waals surface area contributed by atoms with Crippen molar-refractivity contribution in [2.75, 3.05) is 13.2 Å². The van der Waals surface area contributed by atoms with Crippen LogP contribution in [0.2, 0.25) is 0 Å². The van der Waals surface area contributed by atoms with Gasteiger partial charge >= 0.3 is 0 Å². The van der Waals surface area contributed by atoms with E-state index in [0.717, 1.165) is 0 Å². The van der Waals surface area contributed by atoms with E-state index in [2.05, 4.69) is 12.1 Å². The number of ether oxygens (including phenoxy) is 2. The molecule has 2 nitrogen and oxygen atoms in total. The summed E-state index contributed by atoms with van der Waals surface area (Å²) in [7, 11) is 0. The smallest absolute Gasteiger partial charge is 0.112 e. The van der Waals surface area contributed by atoms with Gasteiger partial charge in [-0.25, -0.2) is 0 Å². The standard InChI is InChI=1S/C13H16O2/c1-2-3-9-14-12-10-15-13(12)11-7-5-4-6-8-11/h2-8,12-13H,9-10H2,1H3. The summed E-state index contributed by atoms with van der Waals surface area (Å²) in [6.45, 7) is 3.38. The lowest BCUT2D eigenvalue weighted by molar-refractivity contribution is -0.186. The van der Waals surface area contributed by atoms with Crippen LogP contribution in [-0.2, 0) is 9.47 Å². The monoisotopic (exact) mass is 204 g/mol.